The standard InChI is InChI=1S/C14H12BrFN2O/c15-10-4-3-5-11(8-10)17-9-14(19)18-13-7-2-1-6-12(13)16/h1-8,17H,9H2,(H,18,19). The van der Waals surface area contributed by atoms with E-state index in [9.17, 15) is 9.18 Å². The first-order valence-corrected chi connectivity index (χ1v) is 6.48. The van der Waals surface area contributed by atoms with Gasteiger partial charge in [0.1, 0.15) is 5.82 Å². The van der Waals surface area contributed by atoms with Crippen molar-refractivity contribution >= 4 is 33.2 Å². The summed E-state index contributed by atoms with van der Waals surface area (Å²) in [4.78, 5) is 11.7. The maximum atomic E-state index is 13.3. The van der Waals surface area contributed by atoms with Gasteiger partial charge in [0.05, 0.1) is 12.2 Å². The van der Waals surface area contributed by atoms with E-state index >= 15 is 0 Å². The Bertz CT molecular complexity index is 589. The number of benzene rings is 2. The van der Waals surface area contributed by atoms with E-state index in [1.165, 1.54) is 12.1 Å². The Hall–Kier alpha value is -1.88. The monoisotopic (exact) mass is 322 g/mol. The van der Waals surface area contributed by atoms with Crippen LogP contribution in [0.3, 0.4) is 0 Å². The number of para-hydroxylation sites is 1. The molecule has 0 aliphatic rings. The zero-order valence-electron chi connectivity index (χ0n) is 9.99. The Labute approximate surface area is 119 Å². The fourth-order valence-electron chi connectivity index (χ4n) is 1.54. The second-order valence-corrected chi connectivity index (χ2v) is 4.81. The van der Waals surface area contributed by atoms with Crippen LogP contribution in [0.15, 0.2) is 53.0 Å². The highest BCUT2D eigenvalue weighted by molar-refractivity contribution is 9.10. The first-order chi connectivity index (χ1) is 9.15. The number of hydrogen-bond donors (Lipinski definition) is 2. The van der Waals surface area contributed by atoms with Crippen molar-refractivity contribution in [3.05, 3.63) is 58.8 Å². The molecule has 2 aromatic carbocycles. The number of carbonyl (C=O) groups excluding carboxylic acids is 1. The zero-order valence-corrected chi connectivity index (χ0v) is 11.6. The summed E-state index contributed by atoms with van der Waals surface area (Å²) in [5.74, 6) is -0.747. The van der Waals surface area contributed by atoms with Crippen LogP contribution in [0.25, 0.3) is 0 Å². The largest absolute Gasteiger partial charge is 0.376 e. The molecule has 2 aromatic rings. The topological polar surface area (TPSA) is 41.1 Å². The van der Waals surface area contributed by atoms with Crippen molar-refractivity contribution in [1.29, 1.82) is 0 Å². The van der Waals surface area contributed by atoms with Gasteiger partial charge >= 0.3 is 0 Å². The van der Waals surface area contributed by atoms with Gasteiger partial charge in [-0.1, -0.05) is 34.1 Å². The first kappa shape index (κ1) is 13.5. The smallest absolute Gasteiger partial charge is 0.243 e. The van der Waals surface area contributed by atoms with Gasteiger partial charge in [0.25, 0.3) is 0 Å². The second kappa shape index (κ2) is 6.33. The average Bonchev–Trinajstić information content (AvgIpc) is 2.39. The third kappa shape index (κ3) is 4.06. The van der Waals surface area contributed by atoms with Crippen LogP contribution in [0.1, 0.15) is 0 Å². The van der Waals surface area contributed by atoms with Crippen LogP contribution in [0.5, 0.6) is 0 Å². The average molecular weight is 323 g/mol. The molecule has 0 bridgehead atoms. The summed E-state index contributed by atoms with van der Waals surface area (Å²) in [6.07, 6.45) is 0. The van der Waals surface area contributed by atoms with E-state index in [1.54, 1.807) is 12.1 Å². The van der Waals surface area contributed by atoms with Crippen LogP contribution in [0, 0.1) is 5.82 Å². The molecule has 2 rings (SSSR count). The van der Waals surface area contributed by atoms with Gasteiger partial charge in [-0.25, -0.2) is 4.39 Å². The van der Waals surface area contributed by atoms with E-state index < -0.39 is 5.82 Å². The molecule has 0 spiro atoms. The van der Waals surface area contributed by atoms with E-state index in [1.807, 2.05) is 24.3 Å². The lowest BCUT2D eigenvalue weighted by Crippen LogP contribution is -2.22. The van der Waals surface area contributed by atoms with E-state index in [0.717, 1.165) is 10.2 Å². The van der Waals surface area contributed by atoms with Crippen molar-refractivity contribution in [3.8, 4) is 0 Å². The van der Waals surface area contributed by atoms with E-state index in [-0.39, 0.29) is 18.1 Å². The third-order valence-corrected chi connectivity index (χ3v) is 2.92. The molecular weight excluding hydrogens is 311 g/mol. The molecule has 0 aliphatic carbocycles. The minimum atomic E-state index is -0.446. The highest BCUT2D eigenvalue weighted by Crippen LogP contribution is 2.15. The van der Waals surface area contributed by atoms with Gasteiger partial charge < -0.3 is 10.6 Å². The number of hydrogen-bond acceptors (Lipinski definition) is 2. The SMILES string of the molecule is O=C(CNc1cccc(Br)c1)Nc1ccccc1F. The van der Waals surface area contributed by atoms with Gasteiger partial charge in [0, 0.05) is 10.2 Å². The Kier molecular flexibility index (Phi) is 4.52. The molecule has 98 valence electrons. The number of halogens is 2. The van der Waals surface area contributed by atoms with Crippen LogP contribution in [0.2, 0.25) is 0 Å². The summed E-state index contributed by atoms with van der Waals surface area (Å²) < 4.78 is 14.2. The van der Waals surface area contributed by atoms with Crippen LogP contribution in [-0.4, -0.2) is 12.5 Å². The fourth-order valence-corrected chi connectivity index (χ4v) is 1.94. The molecule has 0 fully saturated rings. The number of rotatable bonds is 4. The molecule has 0 aliphatic heterocycles. The van der Waals surface area contributed by atoms with Crippen molar-refractivity contribution in [3.63, 3.8) is 0 Å². The number of anilines is 2. The van der Waals surface area contributed by atoms with Gasteiger partial charge in [0.15, 0.2) is 0 Å². The number of amides is 1. The normalized spacial score (nSPS) is 10.0. The van der Waals surface area contributed by atoms with E-state index in [2.05, 4.69) is 26.6 Å². The number of nitrogens with one attached hydrogen (secondary N) is 2. The molecule has 0 heterocycles. The Morgan fingerprint density at radius 1 is 1.16 bits per heavy atom. The molecule has 1 amide bonds. The van der Waals surface area contributed by atoms with Crippen molar-refractivity contribution in [2.24, 2.45) is 0 Å². The lowest BCUT2D eigenvalue weighted by atomic mass is 10.3. The van der Waals surface area contributed by atoms with Gasteiger partial charge in [-0.05, 0) is 30.3 Å². The third-order valence-electron chi connectivity index (χ3n) is 2.43. The maximum Gasteiger partial charge on any atom is 0.243 e. The second-order valence-electron chi connectivity index (χ2n) is 3.89. The summed E-state index contributed by atoms with van der Waals surface area (Å²) in [5, 5.41) is 5.47. The highest BCUT2D eigenvalue weighted by Gasteiger charge is 2.05. The van der Waals surface area contributed by atoms with Crippen molar-refractivity contribution in [2.75, 3.05) is 17.2 Å². The summed E-state index contributed by atoms with van der Waals surface area (Å²) in [6, 6.07) is 13.5. The molecule has 0 saturated carbocycles. The van der Waals surface area contributed by atoms with Crippen molar-refractivity contribution in [1.82, 2.24) is 0 Å². The molecule has 0 saturated heterocycles. The minimum absolute atomic E-state index is 0.0742. The van der Waals surface area contributed by atoms with E-state index in [0.29, 0.717) is 0 Å². The maximum absolute atomic E-state index is 13.3. The molecule has 0 radical (unpaired) electrons. The molecule has 19 heavy (non-hydrogen) atoms. The van der Waals surface area contributed by atoms with Crippen LogP contribution >= 0.6 is 15.9 Å². The van der Waals surface area contributed by atoms with Gasteiger partial charge in [0.2, 0.25) is 5.91 Å². The molecule has 0 aromatic heterocycles. The van der Waals surface area contributed by atoms with Crippen LogP contribution in [0.4, 0.5) is 15.8 Å². The van der Waals surface area contributed by atoms with Gasteiger partial charge in [-0.15, -0.1) is 0 Å². The summed E-state index contributed by atoms with van der Waals surface area (Å²) in [5.41, 5.74) is 1.00. The Morgan fingerprint density at radius 2 is 1.95 bits per heavy atom. The summed E-state index contributed by atoms with van der Waals surface area (Å²) in [6.45, 7) is 0.0742. The minimum Gasteiger partial charge on any atom is -0.376 e. The van der Waals surface area contributed by atoms with Gasteiger partial charge in [-0.2, -0.15) is 0 Å². The molecule has 5 heteroatoms. The quantitative estimate of drug-likeness (QED) is 0.902. The van der Waals surface area contributed by atoms with Crippen molar-refractivity contribution < 1.29 is 9.18 Å². The molecule has 0 unspecified atom stereocenters. The van der Waals surface area contributed by atoms with E-state index in [4.69, 9.17) is 0 Å². The first-order valence-electron chi connectivity index (χ1n) is 5.69. The zero-order chi connectivity index (χ0) is 13.7. The highest BCUT2D eigenvalue weighted by atomic mass is 79.9. The molecule has 2 N–H and O–H groups in total. The molecule has 0 atom stereocenters. The fraction of sp³-hybridized carbons (Fsp3) is 0.0714. The van der Waals surface area contributed by atoms with Crippen LogP contribution < -0.4 is 10.6 Å². The Morgan fingerprint density at radius 3 is 2.68 bits per heavy atom. The number of carbonyl (C=O) groups is 1. The lowest BCUT2D eigenvalue weighted by molar-refractivity contribution is -0.114. The predicted octanol–water partition coefficient (Wildman–Crippen LogP) is 3.64. The van der Waals surface area contributed by atoms with Crippen molar-refractivity contribution in [2.45, 2.75) is 0 Å². The van der Waals surface area contributed by atoms with Gasteiger partial charge in [-0.3, -0.25) is 4.79 Å². The lowest BCUT2D eigenvalue weighted by Gasteiger charge is -2.08. The van der Waals surface area contributed by atoms with Crippen LogP contribution in [-0.2, 0) is 4.79 Å². The Balaban J connectivity index is 1.90. The molecular formula is C14H12BrFN2O. The summed E-state index contributed by atoms with van der Waals surface area (Å²) >= 11 is 3.34. The molecule has 3 nitrogen and oxygen atoms in total. The summed E-state index contributed by atoms with van der Waals surface area (Å²) in [7, 11) is 0. The predicted molar refractivity (Wildman–Crippen MR) is 77.7 cm³/mol.